The van der Waals surface area contributed by atoms with E-state index in [9.17, 15) is 0 Å². The van der Waals surface area contributed by atoms with Gasteiger partial charge in [0.1, 0.15) is 0 Å². The molecule has 0 unspecified atom stereocenters. The van der Waals surface area contributed by atoms with Crippen LogP contribution in [0.5, 0.6) is 0 Å². The van der Waals surface area contributed by atoms with E-state index in [0.29, 0.717) is 0 Å². The maximum Gasteiger partial charge on any atom is 0.0159 e. The molecule has 0 nitrogen and oxygen atoms in total. The van der Waals surface area contributed by atoms with Gasteiger partial charge in [0, 0.05) is 5.41 Å². The van der Waals surface area contributed by atoms with Gasteiger partial charge in [0.05, 0.1) is 0 Å². The third kappa shape index (κ3) is 3.93. The number of fused-ring (bicyclic) bond motifs is 8. The van der Waals surface area contributed by atoms with Crippen LogP contribution in [0.1, 0.15) is 66.5 Å². The molecule has 0 saturated carbocycles. The fraction of sp³-hybridized carbons (Fsp3) is 0.273. The van der Waals surface area contributed by atoms with E-state index in [2.05, 4.69) is 98.8 Å². The molecule has 170 valence electrons. The summed E-state index contributed by atoms with van der Waals surface area (Å²) < 4.78 is 0. The Morgan fingerprint density at radius 2 is 1.00 bits per heavy atom. The van der Waals surface area contributed by atoms with E-state index in [0.717, 1.165) is 0 Å². The van der Waals surface area contributed by atoms with Crippen molar-refractivity contribution in [2.45, 2.75) is 60.8 Å². The highest BCUT2D eigenvalue weighted by atomic mass is 14.4. The molecule has 0 N–H and O–H groups in total. The maximum atomic E-state index is 2.40. The molecule has 1 aliphatic carbocycles. The van der Waals surface area contributed by atoms with E-state index in [4.69, 9.17) is 0 Å². The van der Waals surface area contributed by atoms with Gasteiger partial charge in [-0.25, -0.2) is 0 Å². The molecular weight excluding hydrogens is 396 g/mol. The van der Waals surface area contributed by atoms with E-state index >= 15 is 0 Å². The number of rotatable bonds is 0. The Morgan fingerprint density at radius 3 is 1.67 bits per heavy atom. The van der Waals surface area contributed by atoms with E-state index in [1.165, 1.54) is 54.6 Å². The molecule has 5 aromatic carbocycles. The predicted octanol–water partition coefficient (Wildman–Crippen LogP) is 10.5. The van der Waals surface area contributed by atoms with Crippen molar-refractivity contribution < 1.29 is 0 Å². The molecule has 0 aliphatic heterocycles. The zero-order valence-electron chi connectivity index (χ0n) is 21.6. The van der Waals surface area contributed by atoms with E-state index in [-0.39, 0.29) is 5.41 Å². The molecule has 0 fully saturated rings. The van der Waals surface area contributed by atoms with Gasteiger partial charge < -0.3 is 0 Å². The molecular formula is C33H38. The zero-order chi connectivity index (χ0) is 24.2. The Kier molecular flexibility index (Phi) is 7.59. The molecule has 0 amide bonds. The number of hydrogen-bond donors (Lipinski definition) is 0. The van der Waals surface area contributed by atoms with Crippen LogP contribution in [0.3, 0.4) is 0 Å². The van der Waals surface area contributed by atoms with Gasteiger partial charge in [-0.2, -0.15) is 0 Å². The van der Waals surface area contributed by atoms with Gasteiger partial charge in [-0.05, 0) is 66.7 Å². The Balaban J connectivity index is 0.000000475. The molecule has 0 bridgehead atoms. The van der Waals surface area contributed by atoms with Crippen LogP contribution < -0.4 is 0 Å². The summed E-state index contributed by atoms with van der Waals surface area (Å²) in [6.07, 6.45) is 0. The van der Waals surface area contributed by atoms with Crippen molar-refractivity contribution in [3.63, 3.8) is 0 Å². The molecule has 33 heavy (non-hydrogen) atoms. The number of hydrogen-bond acceptors (Lipinski definition) is 0. The first-order valence-electron chi connectivity index (χ1n) is 12.6. The highest BCUT2D eigenvalue weighted by Crippen LogP contribution is 2.53. The Hall–Kier alpha value is -3.12. The minimum absolute atomic E-state index is 0.0137. The van der Waals surface area contributed by atoms with Crippen molar-refractivity contribution in [2.75, 3.05) is 0 Å². The summed E-state index contributed by atoms with van der Waals surface area (Å²) in [4.78, 5) is 0. The van der Waals surface area contributed by atoms with Crippen molar-refractivity contribution in [1.29, 1.82) is 0 Å². The number of benzene rings is 5. The molecule has 1 aliphatic rings. The summed E-state index contributed by atoms with van der Waals surface area (Å²) in [6, 6.07) is 31.4. The van der Waals surface area contributed by atoms with Crippen LogP contribution >= 0.6 is 0 Å². The van der Waals surface area contributed by atoms with Crippen LogP contribution in [0.4, 0.5) is 0 Å². The van der Waals surface area contributed by atoms with Gasteiger partial charge in [0.25, 0.3) is 0 Å². The quantitative estimate of drug-likeness (QED) is 0.213. The van der Waals surface area contributed by atoms with Crippen molar-refractivity contribution in [2.24, 2.45) is 0 Å². The summed E-state index contributed by atoms with van der Waals surface area (Å²) in [7, 11) is 0. The van der Waals surface area contributed by atoms with Crippen LogP contribution in [0, 0.1) is 0 Å². The third-order valence-corrected chi connectivity index (χ3v) is 6.41. The van der Waals surface area contributed by atoms with Crippen LogP contribution in [0.15, 0.2) is 84.9 Å². The molecule has 6 rings (SSSR count). The standard InChI is InChI=1S/C27H20.3C2H6/c1-27(2)23-14-13-18-12-11-17-7-5-6-10-21(17)25(18)26(23)22-15-19-8-3-4-9-20(19)16-24(22)27;3*1-2/h3-16H,1-2H3;3*1-2H3. The summed E-state index contributed by atoms with van der Waals surface area (Å²) in [5.41, 5.74) is 5.72. The summed E-state index contributed by atoms with van der Waals surface area (Å²) >= 11 is 0. The second-order valence-corrected chi connectivity index (χ2v) is 8.24. The Bertz CT molecular complexity index is 1390. The SMILES string of the molecule is CC.CC.CC.CC1(C)c2cc3ccccc3cc2-c2c1ccc1ccc3ccccc3c21. The van der Waals surface area contributed by atoms with Crippen molar-refractivity contribution in [1.82, 2.24) is 0 Å². The van der Waals surface area contributed by atoms with Gasteiger partial charge in [-0.1, -0.05) is 128 Å². The monoisotopic (exact) mass is 434 g/mol. The van der Waals surface area contributed by atoms with E-state index < -0.39 is 0 Å². The van der Waals surface area contributed by atoms with Crippen LogP contribution in [-0.2, 0) is 5.41 Å². The van der Waals surface area contributed by atoms with Crippen molar-refractivity contribution in [3.8, 4) is 11.1 Å². The first-order chi connectivity index (χ1) is 16.1. The lowest BCUT2D eigenvalue weighted by atomic mass is 9.81. The zero-order valence-corrected chi connectivity index (χ0v) is 21.6. The molecule has 0 radical (unpaired) electrons. The average Bonchev–Trinajstić information content (AvgIpc) is 3.12. The minimum atomic E-state index is 0.0137. The first-order valence-corrected chi connectivity index (χ1v) is 12.6. The van der Waals surface area contributed by atoms with E-state index in [1.807, 2.05) is 41.5 Å². The molecule has 0 aromatic heterocycles. The molecule has 0 spiro atoms. The lowest BCUT2D eigenvalue weighted by molar-refractivity contribution is 0.661. The van der Waals surface area contributed by atoms with Crippen molar-refractivity contribution in [3.05, 3.63) is 96.1 Å². The van der Waals surface area contributed by atoms with Crippen molar-refractivity contribution >= 4 is 32.3 Å². The second kappa shape index (κ2) is 10.2. The largest absolute Gasteiger partial charge is 0.0683 e. The highest BCUT2D eigenvalue weighted by Gasteiger charge is 2.36. The molecule has 0 heteroatoms. The molecule has 0 atom stereocenters. The molecule has 0 heterocycles. The Morgan fingerprint density at radius 1 is 0.485 bits per heavy atom. The lowest BCUT2D eigenvalue weighted by Gasteiger charge is -2.22. The summed E-state index contributed by atoms with van der Waals surface area (Å²) in [5, 5.41) is 8.02. The average molecular weight is 435 g/mol. The predicted molar refractivity (Wildman–Crippen MR) is 151 cm³/mol. The van der Waals surface area contributed by atoms with Gasteiger partial charge in [-0.3, -0.25) is 0 Å². The van der Waals surface area contributed by atoms with Gasteiger partial charge >= 0.3 is 0 Å². The van der Waals surface area contributed by atoms with Crippen LogP contribution in [0.25, 0.3) is 43.4 Å². The fourth-order valence-corrected chi connectivity index (χ4v) is 5.01. The topological polar surface area (TPSA) is 0 Å². The molecule has 5 aromatic rings. The second-order valence-electron chi connectivity index (χ2n) is 8.24. The molecule has 0 saturated heterocycles. The van der Waals surface area contributed by atoms with Gasteiger partial charge in [-0.15, -0.1) is 0 Å². The smallest absolute Gasteiger partial charge is 0.0159 e. The van der Waals surface area contributed by atoms with Crippen LogP contribution in [0.2, 0.25) is 0 Å². The summed E-state index contributed by atoms with van der Waals surface area (Å²) in [6.45, 7) is 16.7. The van der Waals surface area contributed by atoms with Crippen LogP contribution in [-0.4, -0.2) is 0 Å². The third-order valence-electron chi connectivity index (χ3n) is 6.41. The summed E-state index contributed by atoms with van der Waals surface area (Å²) in [5.74, 6) is 0. The van der Waals surface area contributed by atoms with Gasteiger partial charge in [0.15, 0.2) is 0 Å². The van der Waals surface area contributed by atoms with E-state index in [1.54, 1.807) is 0 Å². The maximum absolute atomic E-state index is 2.40. The fourth-order valence-electron chi connectivity index (χ4n) is 5.01. The highest BCUT2D eigenvalue weighted by molar-refractivity contribution is 6.17. The normalized spacial score (nSPS) is 12.5. The van der Waals surface area contributed by atoms with Gasteiger partial charge in [0.2, 0.25) is 0 Å². The first kappa shape index (κ1) is 24.5. The Labute approximate surface area is 200 Å². The minimum Gasteiger partial charge on any atom is -0.0683 e. The lowest BCUT2D eigenvalue weighted by Crippen LogP contribution is -2.14.